The van der Waals surface area contributed by atoms with Crippen molar-refractivity contribution < 1.29 is 18.8 Å². The van der Waals surface area contributed by atoms with Crippen molar-refractivity contribution in [2.75, 3.05) is 12.4 Å². The van der Waals surface area contributed by atoms with Crippen LogP contribution in [0.25, 0.3) is 0 Å². The summed E-state index contributed by atoms with van der Waals surface area (Å²) >= 11 is 0. The summed E-state index contributed by atoms with van der Waals surface area (Å²) in [5, 5.41) is 2.75. The SMILES string of the molecule is COC(C)(C)C(=O)Nc1cc(B2OC(C)(C)C(C)(C)O2)ccn1. The van der Waals surface area contributed by atoms with Gasteiger partial charge in [-0.05, 0) is 59.1 Å². The molecule has 0 atom stereocenters. The first-order chi connectivity index (χ1) is 10.5. The predicted molar refractivity (Wildman–Crippen MR) is 89.7 cm³/mol. The van der Waals surface area contributed by atoms with Gasteiger partial charge >= 0.3 is 7.12 Å². The first-order valence-corrected chi connectivity index (χ1v) is 7.67. The van der Waals surface area contributed by atoms with Crippen molar-refractivity contribution in [3.05, 3.63) is 18.3 Å². The third kappa shape index (κ3) is 3.57. The lowest BCUT2D eigenvalue weighted by Crippen LogP contribution is -2.41. The van der Waals surface area contributed by atoms with Gasteiger partial charge in [-0.2, -0.15) is 0 Å². The number of carbonyl (C=O) groups is 1. The van der Waals surface area contributed by atoms with Crippen LogP contribution < -0.4 is 10.8 Å². The largest absolute Gasteiger partial charge is 0.495 e. The molecule has 0 spiro atoms. The average Bonchev–Trinajstić information content (AvgIpc) is 2.68. The number of nitrogens with one attached hydrogen (secondary N) is 1. The van der Waals surface area contributed by atoms with Crippen LogP contribution in [-0.2, 0) is 18.8 Å². The van der Waals surface area contributed by atoms with E-state index in [0.717, 1.165) is 5.46 Å². The fraction of sp³-hybridized carbons (Fsp3) is 0.625. The topological polar surface area (TPSA) is 69.7 Å². The minimum absolute atomic E-state index is 0.265. The number of carbonyl (C=O) groups excluding carboxylic acids is 1. The van der Waals surface area contributed by atoms with Crippen LogP contribution >= 0.6 is 0 Å². The monoisotopic (exact) mass is 320 g/mol. The van der Waals surface area contributed by atoms with Gasteiger partial charge < -0.3 is 19.4 Å². The number of ether oxygens (including phenoxy) is 1. The van der Waals surface area contributed by atoms with E-state index in [0.29, 0.717) is 5.82 Å². The summed E-state index contributed by atoms with van der Waals surface area (Å²) in [6.07, 6.45) is 1.62. The summed E-state index contributed by atoms with van der Waals surface area (Å²) in [5.74, 6) is 0.172. The summed E-state index contributed by atoms with van der Waals surface area (Å²) in [5.41, 5.74) is -0.948. The molecule has 0 radical (unpaired) electrons. The second kappa shape index (κ2) is 5.89. The third-order valence-electron chi connectivity index (χ3n) is 4.61. The Kier molecular flexibility index (Phi) is 4.59. The number of pyridine rings is 1. The minimum atomic E-state index is -0.929. The second-order valence-electron chi connectivity index (χ2n) is 7.23. The maximum absolute atomic E-state index is 12.2. The molecule has 7 heteroatoms. The molecule has 1 aliphatic heterocycles. The first-order valence-electron chi connectivity index (χ1n) is 7.67. The number of aromatic nitrogens is 1. The molecule has 0 aliphatic carbocycles. The van der Waals surface area contributed by atoms with Gasteiger partial charge in [0.2, 0.25) is 0 Å². The molecule has 0 bridgehead atoms. The van der Waals surface area contributed by atoms with Gasteiger partial charge in [0.1, 0.15) is 11.4 Å². The van der Waals surface area contributed by atoms with Crippen LogP contribution in [0.2, 0.25) is 0 Å². The molecule has 1 aromatic heterocycles. The second-order valence-corrected chi connectivity index (χ2v) is 7.23. The van der Waals surface area contributed by atoms with Gasteiger partial charge in [-0.25, -0.2) is 4.98 Å². The van der Waals surface area contributed by atoms with Crippen LogP contribution in [0.15, 0.2) is 18.3 Å². The highest BCUT2D eigenvalue weighted by Gasteiger charge is 2.51. The van der Waals surface area contributed by atoms with E-state index >= 15 is 0 Å². The third-order valence-corrected chi connectivity index (χ3v) is 4.61. The summed E-state index contributed by atoms with van der Waals surface area (Å²) < 4.78 is 17.2. The maximum atomic E-state index is 12.2. The van der Waals surface area contributed by atoms with E-state index in [1.165, 1.54) is 7.11 Å². The zero-order valence-corrected chi connectivity index (χ0v) is 14.9. The minimum Gasteiger partial charge on any atom is -0.399 e. The van der Waals surface area contributed by atoms with E-state index in [-0.39, 0.29) is 5.91 Å². The zero-order valence-electron chi connectivity index (χ0n) is 14.9. The molecule has 1 fully saturated rings. The van der Waals surface area contributed by atoms with E-state index < -0.39 is 23.9 Å². The van der Waals surface area contributed by atoms with Crippen LogP contribution in [0.1, 0.15) is 41.5 Å². The van der Waals surface area contributed by atoms with Crippen molar-refractivity contribution in [2.45, 2.75) is 58.3 Å². The number of nitrogens with zero attached hydrogens (tertiary/aromatic N) is 1. The maximum Gasteiger partial charge on any atom is 0.495 e. The van der Waals surface area contributed by atoms with Gasteiger partial charge in [-0.3, -0.25) is 4.79 Å². The summed E-state index contributed by atoms with van der Waals surface area (Å²) in [4.78, 5) is 16.3. The Balaban J connectivity index is 2.17. The molecular formula is C16H25BN2O4. The molecule has 1 saturated heterocycles. The zero-order chi connectivity index (χ0) is 17.5. The van der Waals surface area contributed by atoms with E-state index in [4.69, 9.17) is 14.0 Å². The molecule has 0 aromatic carbocycles. The van der Waals surface area contributed by atoms with Crippen molar-refractivity contribution in [3.63, 3.8) is 0 Å². The molecule has 0 saturated carbocycles. The van der Waals surface area contributed by atoms with Gasteiger partial charge in [-0.1, -0.05) is 0 Å². The molecule has 0 unspecified atom stereocenters. The Bertz CT molecular complexity index is 585. The highest BCUT2D eigenvalue weighted by Crippen LogP contribution is 2.36. The van der Waals surface area contributed by atoms with E-state index in [9.17, 15) is 4.79 Å². The number of methoxy groups -OCH3 is 1. The van der Waals surface area contributed by atoms with E-state index in [2.05, 4.69) is 10.3 Å². The standard InChI is InChI=1S/C16H25BN2O4/c1-14(2,21-7)13(20)19-12-10-11(8-9-18-12)17-22-15(3,4)16(5,6)23-17/h8-10H,1-7H3,(H,18,19,20). The molecule has 1 aromatic rings. The van der Waals surface area contributed by atoms with Crippen molar-refractivity contribution >= 4 is 24.3 Å². The van der Waals surface area contributed by atoms with Crippen LogP contribution in [0.3, 0.4) is 0 Å². The number of anilines is 1. The molecule has 1 N–H and O–H groups in total. The van der Waals surface area contributed by atoms with E-state index in [1.807, 2.05) is 33.8 Å². The number of hydrogen-bond acceptors (Lipinski definition) is 5. The number of amides is 1. The fourth-order valence-electron chi connectivity index (χ4n) is 2.00. The lowest BCUT2D eigenvalue weighted by molar-refractivity contribution is -0.133. The van der Waals surface area contributed by atoms with Gasteiger partial charge in [0.25, 0.3) is 5.91 Å². The lowest BCUT2D eigenvalue weighted by atomic mass is 9.80. The summed E-state index contributed by atoms with van der Waals surface area (Å²) in [7, 11) is 1.00. The van der Waals surface area contributed by atoms with Crippen LogP contribution in [-0.4, -0.2) is 41.9 Å². The average molecular weight is 320 g/mol. The Morgan fingerprint density at radius 2 is 1.83 bits per heavy atom. The van der Waals surface area contributed by atoms with Crippen LogP contribution in [0.4, 0.5) is 5.82 Å². The Labute approximate surface area is 138 Å². The van der Waals surface area contributed by atoms with Crippen molar-refractivity contribution in [2.24, 2.45) is 0 Å². The Morgan fingerprint density at radius 1 is 1.26 bits per heavy atom. The van der Waals surface area contributed by atoms with Gasteiger partial charge in [-0.15, -0.1) is 0 Å². The van der Waals surface area contributed by atoms with E-state index in [1.54, 1.807) is 26.1 Å². The van der Waals surface area contributed by atoms with Crippen LogP contribution in [0, 0.1) is 0 Å². The molecule has 6 nitrogen and oxygen atoms in total. The smallest absolute Gasteiger partial charge is 0.399 e. The predicted octanol–water partition coefficient (Wildman–Crippen LogP) is 1.74. The molecule has 23 heavy (non-hydrogen) atoms. The summed E-state index contributed by atoms with van der Waals surface area (Å²) in [6.45, 7) is 11.4. The number of rotatable bonds is 4. The Morgan fingerprint density at radius 3 is 2.35 bits per heavy atom. The van der Waals surface area contributed by atoms with Crippen molar-refractivity contribution in [3.8, 4) is 0 Å². The van der Waals surface area contributed by atoms with Gasteiger partial charge in [0.15, 0.2) is 0 Å². The molecule has 126 valence electrons. The molecule has 2 rings (SSSR count). The van der Waals surface area contributed by atoms with Crippen molar-refractivity contribution in [1.29, 1.82) is 0 Å². The fourth-order valence-corrected chi connectivity index (χ4v) is 2.00. The molecule has 1 aliphatic rings. The normalized spacial score (nSPS) is 19.7. The first kappa shape index (κ1) is 17.9. The Hall–Kier alpha value is -1.44. The summed E-state index contributed by atoms with van der Waals surface area (Å²) in [6, 6.07) is 3.57. The van der Waals surface area contributed by atoms with Gasteiger partial charge in [0.05, 0.1) is 11.2 Å². The van der Waals surface area contributed by atoms with Gasteiger partial charge in [0, 0.05) is 13.3 Å². The number of hydrogen-bond donors (Lipinski definition) is 1. The van der Waals surface area contributed by atoms with Crippen LogP contribution in [0.5, 0.6) is 0 Å². The quantitative estimate of drug-likeness (QED) is 0.856. The highest BCUT2D eigenvalue weighted by molar-refractivity contribution is 6.62. The molecule has 1 amide bonds. The lowest BCUT2D eigenvalue weighted by Gasteiger charge is -2.32. The molecule has 2 heterocycles. The highest BCUT2D eigenvalue weighted by atomic mass is 16.7. The van der Waals surface area contributed by atoms with Crippen molar-refractivity contribution in [1.82, 2.24) is 4.98 Å². The molecular weight excluding hydrogens is 295 g/mol.